The van der Waals surface area contributed by atoms with Gasteiger partial charge in [-0.05, 0) is 62.7 Å². The van der Waals surface area contributed by atoms with Gasteiger partial charge in [-0.3, -0.25) is 0 Å². The van der Waals surface area contributed by atoms with Crippen molar-refractivity contribution in [1.82, 2.24) is 0 Å². The van der Waals surface area contributed by atoms with Crippen molar-refractivity contribution in [2.24, 2.45) is 0 Å². The van der Waals surface area contributed by atoms with Gasteiger partial charge in [-0.25, -0.2) is 0 Å². The van der Waals surface area contributed by atoms with Crippen LogP contribution < -0.4 is 0 Å². The zero-order valence-corrected chi connectivity index (χ0v) is 14.8. The van der Waals surface area contributed by atoms with Gasteiger partial charge in [-0.1, -0.05) is 68.3 Å². The molecule has 2 atom stereocenters. The standard InChI is InChI=1S/C24H24O/c1-2-15-7-8-16-9-10-17-11-12-19(20-5-3-4-6-22(20)25)21-14-13-18(15)23(16)24(17)21/h7-14,20,22,25H,2-6H2,1H3. The van der Waals surface area contributed by atoms with E-state index >= 15 is 0 Å². The van der Waals surface area contributed by atoms with E-state index in [0.717, 1.165) is 25.7 Å². The van der Waals surface area contributed by atoms with Crippen molar-refractivity contribution < 1.29 is 5.11 Å². The van der Waals surface area contributed by atoms with Gasteiger partial charge in [-0.2, -0.15) is 0 Å². The number of aliphatic hydroxyl groups excluding tert-OH is 1. The molecule has 0 bridgehead atoms. The van der Waals surface area contributed by atoms with Gasteiger partial charge in [0.2, 0.25) is 0 Å². The predicted molar refractivity (Wildman–Crippen MR) is 107 cm³/mol. The van der Waals surface area contributed by atoms with Crippen molar-refractivity contribution in [3.05, 3.63) is 59.7 Å². The topological polar surface area (TPSA) is 20.2 Å². The van der Waals surface area contributed by atoms with Crippen LogP contribution in [-0.4, -0.2) is 11.2 Å². The first-order valence-electron chi connectivity index (χ1n) is 9.65. The predicted octanol–water partition coefficient (Wildman–Crippen LogP) is 6.16. The Kier molecular flexibility index (Phi) is 3.46. The lowest BCUT2D eigenvalue weighted by Crippen LogP contribution is -2.22. The third-order valence-corrected chi connectivity index (χ3v) is 6.30. The quantitative estimate of drug-likeness (QED) is 0.437. The van der Waals surface area contributed by atoms with E-state index in [1.165, 1.54) is 49.9 Å². The molecule has 1 saturated carbocycles. The van der Waals surface area contributed by atoms with E-state index in [0.29, 0.717) is 0 Å². The lowest BCUT2D eigenvalue weighted by Gasteiger charge is -2.29. The molecule has 2 unspecified atom stereocenters. The highest BCUT2D eigenvalue weighted by atomic mass is 16.3. The number of rotatable bonds is 2. The fourth-order valence-electron chi connectivity index (χ4n) is 4.99. The highest BCUT2D eigenvalue weighted by Crippen LogP contribution is 2.42. The smallest absolute Gasteiger partial charge is 0.0608 e. The Morgan fingerprint density at radius 2 is 1.44 bits per heavy atom. The van der Waals surface area contributed by atoms with E-state index < -0.39 is 0 Å². The maximum Gasteiger partial charge on any atom is 0.0608 e. The van der Waals surface area contributed by atoms with Gasteiger partial charge in [0.05, 0.1) is 6.10 Å². The van der Waals surface area contributed by atoms with Crippen molar-refractivity contribution in [3.8, 4) is 0 Å². The Morgan fingerprint density at radius 3 is 2.20 bits per heavy atom. The van der Waals surface area contributed by atoms with Crippen LogP contribution in [0, 0.1) is 0 Å². The van der Waals surface area contributed by atoms with Gasteiger partial charge in [0.1, 0.15) is 0 Å². The molecule has 0 aliphatic heterocycles. The van der Waals surface area contributed by atoms with Gasteiger partial charge in [0, 0.05) is 5.92 Å². The summed E-state index contributed by atoms with van der Waals surface area (Å²) in [5.41, 5.74) is 2.76. The SMILES string of the molecule is CCc1ccc2ccc3ccc(C4CCCCC4O)c4ccc1c2c34. The average Bonchev–Trinajstić information content (AvgIpc) is 2.66. The third-order valence-electron chi connectivity index (χ3n) is 6.30. The minimum absolute atomic E-state index is 0.196. The third kappa shape index (κ3) is 2.19. The maximum atomic E-state index is 10.6. The summed E-state index contributed by atoms with van der Waals surface area (Å²) in [7, 11) is 0. The van der Waals surface area contributed by atoms with Crippen LogP contribution in [0.4, 0.5) is 0 Å². The van der Waals surface area contributed by atoms with E-state index in [9.17, 15) is 5.11 Å². The van der Waals surface area contributed by atoms with Crippen LogP contribution in [0.25, 0.3) is 32.3 Å². The molecule has 126 valence electrons. The second-order valence-corrected chi connectivity index (χ2v) is 7.61. The van der Waals surface area contributed by atoms with E-state index in [4.69, 9.17) is 0 Å². The fraction of sp³-hybridized carbons (Fsp3) is 0.333. The summed E-state index contributed by atoms with van der Waals surface area (Å²) >= 11 is 0. The van der Waals surface area contributed by atoms with E-state index in [2.05, 4.69) is 55.5 Å². The van der Waals surface area contributed by atoms with Crippen LogP contribution in [0.15, 0.2) is 48.5 Å². The Balaban J connectivity index is 1.87. The molecule has 1 aliphatic rings. The Morgan fingerprint density at radius 1 is 0.800 bits per heavy atom. The van der Waals surface area contributed by atoms with Gasteiger partial charge < -0.3 is 5.11 Å². The van der Waals surface area contributed by atoms with Gasteiger partial charge in [0.25, 0.3) is 0 Å². The molecule has 1 heteroatoms. The van der Waals surface area contributed by atoms with Crippen LogP contribution in [0.3, 0.4) is 0 Å². The van der Waals surface area contributed by atoms with E-state index in [1.807, 2.05) is 0 Å². The van der Waals surface area contributed by atoms with Crippen LogP contribution >= 0.6 is 0 Å². The second kappa shape index (κ2) is 5.71. The molecule has 0 saturated heterocycles. The number of hydrogen-bond donors (Lipinski definition) is 1. The van der Waals surface area contributed by atoms with Crippen molar-refractivity contribution in [1.29, 1.82) is 0 Å². The number of aryl methyl sites for hydroxylation is 1. The summed E-state index contributed by atoms with van der Waals surface area (Å²) in [6.07, 6.45) is 5.28. The normalized spacial score (nSPS) is 21.5. The van der Waals surface area contributed by atoms with Crippen LogP contribution in [0.1, 0.15) is 49.7 Å². The maximum absolute atomic E-state index is 10.6. The lowest BCUT2D eigenvalue weighted by molar-refractivity contribution is 0.107. The van der Waals surface area contributed by atoms with Gasteiger partial charge in [-0.15, -0.1) is 0 Å². The number of benzene rings is 4. The molecule has 0 amide bonds. The molecule has 4 aromatic rings. The van der Waals surface area contributed by atoms with Crippen molar-refractivity contribution in [3.63, 3.8) is 0 Å². The number of hydrogen-bond acceptors (Lipinski definition) is 1. The van der Waals surface area contributed by atoms with Gasteiger partial charge >= 0.3 is 0 Å². The summed E-state index contributed by atoms with van der Waals surface area (Å²) < 4.78 is 0. The molecule has 1 fully saturated rings. The molecule has 5 rings (SSSR count). The molecule has 0 radical (unpaired) electrons. The van der Waals surface area contributed by atoms with Crippen molar-refractivity contribution in [2.45, 2.75) is 51.0 Å². The van der Waals surface area contributed by atoms with Gasteiger partial charge in [0.15, 0.2) is 0 Å². The molecule has 1 nitrogen and oxygen atoms in total. The largest absolute Gasteiger partial charge is 0.392 e. The first-order chi connectivity index (χ1) is 12.3. The van der Waals surface area contributed by atoms with Crippen molar-refractivity contribution in [2.75, 3.05) is 0 Å². The first kappa shape index (κ1) is 15.2. The molecule has 1 N–H and O–H groups in total. The van der Waals surface area contributed by atoms with E-state index in [1.54, 1.807) is 0 Å². The molecule has 4 aromatic carbocycles. The zero-order chi connectivity index (χ0) is 17.0. The van der Waals surface area contributed by atoms with Crippen LogP contribution in [0.5, 0.6) is 0 Å². The molecular weight excluding hydrogens is 304 g/mol. The summed E-state index contributed by atoms with van der Waals surface area (Å²) in [6, 6.07) is 18.2. The molecule has 1 aliphatic carbocycles. The molecule has 0 spiro atoms. The van der Waals surface area contributed by atoms with Crippen LogP contribution in [-0.2, 0) is 6.42 Å². The molecule has 0 aromatic heterocycles. The fourth-order valence-corrected chi connectivity index (χ4v) is 4.99. The summed E-state index contributed by atoms with van der Waals surface area (Å²) in [5.74, 6) is 0.281. The number of aliphatic hydroxyl groups is 1. The van der Waals surface area contributed by atoms with E-state index in [-0.39, 0.29) is 12.0 Å². The Labute approximate surface area is 148 Å². The summed E-state index contributed by atoms with van der Waals surface area (Å²) in [5, 5.41) is 18.8. The minimum Gasteiger partial charge on any atom is -0.392 e. The Bertz CT molecular complexity index is 1060. The minimum atomic E-state index is -0.196. The monoisotopic (exact) mass is 328 g/mol. The average molecular weight is 328 g/mol. The second-order valence-electron chi connectivity index (χ2n) is 7.61. The van der Waals surface area contributed by atoms with Crippen molar-refractivity contribution >= 4 is 32.3 Å². The first-order valence-corrected chi connectivity index (χ1v) is 9.65. The molecule has 0 heterocycles. The summed E-state index contributed by atoms with van der Waals surface area (Å²) in [6.45, 7) is 2.23. The molecule has 25 heavy (non-hydrogen) atoms. The highest BCUT2D eigenvalue weighted by Gasteiger charge is 2.26. The lowest BCUT2D eigenvalue weighted by atomic mass is 9.78. The highest BCUT2D eigenvalue weighted by molar-refractivity contribution is 6.24. The Hall–Kier alpha value is -2.12. The summed E-state index contributed by atoms with van der Waals surface area (Å²) in [4.78, 5) is 0. The van der Waals surface area contributed by atoms with Crippen LogP contribution in [0.2, 0.25) is 0 Å². The zero-order valence-electron chi connectivity index (χ0n) is 14.8. The molecular formula is C24H24O.